The van der Waals surface area contributed by atoms with Gasteiger partial charge in [0.05, 0.1) is 10.7 Å². The summed E-state index contributed by atoms with van der Waals surface area (Å²) in [5, 5.41) is 4.05. The highest BCUT2D eigenvalue weighted by Gasteiger charge is 2.19. The van der Waals surface area contributed by atoms with E-state index in [1.807, 2.05) is 6.92 Å². The van der Waals surface area contributed by atoms with E-state index in [0.29, 0.717) is 16.7 Å². The molecule has 20 heavy (non-hydrogen) atoms. The molecule has 7 heteroatoms. The van der Waals surface area contributed by atoms with E-state index in [4.69, 9.17) is 0 Å². The van der Waals surface area contributed by atoms with Crippen LogP contribution in [0.5, 0.6) is 5.75 Å². The quantitative estimate of drug-likeness (QED) is 0.779. The van der Waals surface area contributed by atoms with Crippen LogP contribution in [0.3, 0.4) is 0 Å². The lowest BCUT2D eigenvalue weighted by molar-refractivity contribution is -0.0498. The first-order chi connectivity index (χ1) is 9.52. The van der Waals surface area contributed by atoms with Crippen LogP contribution in [-0.2, 0) is 6.54 Å². The van der Waals surface area contributed by atoms with E-state index in [0.717, 1.165) is 0 Å². The molecule has 106 valence electrons. The van der Waals surface area contributed by atoms with Gasteiger partial charge in [-0.05, 0) is 35.0 Å². The Bertz CT molecular complexity index is 629. The molecule has 1 aromatic heterocycles. The Kier molecular flexibility index (Phi) is 4.49. The molecule has 0 bridgehead atoms. The van der Waals surface area contributed by atoms with Crippen molar-refractivity contribution in [3.05, 3.63) is 46.2 Å². The van der Waals surface area contributed by atoms with E-state index in [-0.39, 0.29) is 17.1 Å². The molecule has 0 unspecified atom stereocenters. The molecular formula is C13H11BrF2N2O2. The van der Waals surface area contributed by atoms with Crippen LogP contribution in [0.25, 0.3) is 0 Å². The van der Waals surface area contributed by atoms with Crippen molar-refractivity contribution in [3.8, 4) is 5.75 Å². The fourth-order valence-electron chi connectivity index (χ4n) is 1.78. The Balaban J connectivity index is 2.36. The molecule has 2 aromatic rings. The number of ether oxygens (including phenoxy) is 1. The first-order valence-electron chi connectivity index (χ1n) is 5.83. The minimum atomic E-state index is -2.92. The number of halogens is 3. The highest BCUT2D eigenvalue weighted by atomic mass is 79.9. The molecule has 0 radical (unpaired) electrons. The number of alkyl halides is 2. The molecule has 0 atom stereocenters. The van der Waals surface area contributed by atoms with E-state index < -0.39 is 6.61 Å². The summed E-state index contributed by atoms with van der Waals surface area (Å²) in [6, 6.07) is 5.69. The van der Waals surface area contributed by atoms with Gasteiger partial charge in [-0.1, -0.05) is 12.1 Å². The number of nitrogens with zero attached hydrogens (tertiary/aromatic N) is 2. The number of aromatic nitrogens is 2. The summed E-state index contributed by atoms with van der Waals surface area (Å²) in [4.78, 5) is 12.4. The Labute approximate surface area is 122 Å². The van der Waals surface area contributed by atoms with Gasteiger partial charge in [0.25, 0.3) is 0 Å². The molecular weight excluding hydrogens is 334 g/mol. The standard InChI is InChI=1S/C13H11BrF2N2O2/c1-2-18-11(10(14)7-17-18)12(19)8-4-3-5-9(6-8)20-13(15)16/h3-7,13H,2H2,1H3. The van der Waals surface area contributed by atoms with Gasteiger partial charge in [0.2, 0.25) is 5.78 Å². The van der Waals surface area contributed by atoms with Gasteiger partial charge < -0.3 is 4.74 Å². The number of ketones is 1. The normalized spacial score (nSPS) is 10.8. The van der Waals surface area contributed by atoms with E-state index in [2.05, 4.69) is 25.8 Å². The fraction of sp³-hybridized carbons (Fsp3) is 0.231. The van der Waals surface area contributed by atoms with Gasteiger partial charge in [-0.3, -0.25) is 9.48 Å². The molecule has 1 aromatic carbocycles. The monoisotopic (exact) mass is 344 g/mol. The lowest BCUT2D eigenvalue weighted by Crippen LogP contribution is -2.11. The van der Waals surface area contributed by atoms with Gasteiger partial charge in [0.1, 0.15) is 11.4 Å². The van der Waals surface area contributed by atoms with E-state index in [1.165, 1.54) is 29.1 Å². The van der Waals surface area contributed by atoms with E-state index >= 15 is 0 Å². The first kappa shape index (κ1) is 14.6. The molecule has 0 spiro atoms. The lowest BCUT2D eigenvalue weighted by Gasteiger charge is -2.08. The average Bonchev–Trinajstić information content (AvgIpc) is 2.78. The Hall–Kier alpha value is -1.76. The predicted octanol–water partition coefficient (Wildman–Crippen LogP) is 3.50. The summed E-state index contributed by atoms with van der Waals surface area (Å²) in [6.45, 7) is -0.542. The van der Waals surface area contributed by atoms with Crippen LogP contribution in [-0.4, -0.2) is 22.2 Å². The maximum absolute atomic E-state index is 12.4. The number of rotatable bonds is 5. The van der Waals surface area contributed by atoms with Crippen molar-refractivity contribution in [2.45, 2.75) is 20.1 Å². The Morgan fingerprint density at radius 1 is 1.50 bits per heavy atom. The van der Waals surface area contributed by atoms with Gasteiger partial charge in [-0.25, -0.2) is 0 Å². The average molecular weight is 345 g/mol. The van der Waals surface area contributed by atoms with Gasteiger partial charge >= 0.3 is 6.61 Å². The van der Waals surface area contributed by atoms with Crippen molar-refractivity contribution in [1.82, 2.24) is 9.78 Å². The largest absolute Gasteiger partial charge is 0.435 e. The summed E-state index contributed by atoms with van der Waals surface area (Å²) in [6.07, 6.45) is 1.52. The molecule has 1 heterocycles. The lowest BCUT2D eigenvalue weighted by atomic mass is 10.1. The number of carbonyl (C=O) groups is 1. The number of hydrogen-bond donors (Lipinski definition) is 0. The fourth-order valence-corrected chi connectivity index (χ4v) is 2.25. The maximum atomic E-state index is 12.4. The summed E-state index contributed by atoms with van der Waals surface area (Å²) < 4.78 is 30.7. The third-order valence-electron chi connectivity index (χ3n) is 2.63. The summed E-state index contributed by atoms with van der Waals surface area (Å²) in [5.74, 6) is -0.361. The van der Waals surface area contributed by atoms with Crippen LogP contribution in [0.15, 0.2) is 34.9 Å². The van der Waals surface area contributed by atoms with Crippen LogP contribution < -0.4 is 4.74 Å². The van der Waals surface area contributed by atoms with E-state index in [9.17, 15) is 13.6 Å². The predicted molar refractivity (Wildman–Crippen MR) is 72.1 cm³/mol. The van der Waals surface area contributed by atoms with Crippen molar-refractivity contribution in [2.75, 3.05) is 0 Å². The SMILES string of the molecule is CCn1ncc(Br)c1C(=O)c1cccc(OC(F)F)c1. The number of benzene rings is 1. The van der Waals surface area contributed by atoms with Crippen LogP contribution in [0.4, 0.5) is 8.78 Å². The van der Waals surface area contributed by atoms with Crippen molar-refractivity contribution in [1.29, 1.82) is 0 Å². The maximum Gasteiger partial charge on any atom is 0.387 e. The van der Waals surface area contributed by atoms with Gasteiger partial charge in [0.15, 0.2) is 0 Å². The highest BCUT2D eigenvalue weighted by molar-refractivity contribution is 9.10. The highest BCUT2D eigenvalue weighted by Crippen LogP contribution is 2.22. The number of hydrogen-bond acceptors (Lipinski definition) is 3. The molecule has 0 N–H and O–H groups in total. The molecule has 0 aliphatic heterocycles. The third kappa shape index (κ3) is 3.04. The zero-order valence-corrected chi connectivity index (χ0v) is 12.1. The van der Waals surface area contributed by atoms with Gasteiger partial charge in [-0.2, -0.15) is 13.9 Å². The zero-order chi connectivity index (χ0) is 14.7. The summed E-state index contributed by atoms with van der Waals surface area (Å²) in [7, 11) is 0. The summed E-state index contributed by atoms with van der Waals surface area (Å²) in [5.41, 5.74) is 0.640. The molecule has 2 rings (SSSR count). The second-order valence-electron chi connectivity index (χ2n) is 3.89. The topological polar surface area (TPSA) is 44.1 Å². The molecule has 0 amide bonds. The third-order valence-corrected chi connectivity index (χ3v) is 3.21. The van der Waals surface area contributed by atoms with Crippen molar-refractivity contribution >= 4 is 21.7 Å². The molecule has 0 aliphatic carbocycles. The Morgan fingerprint density at radius 3 is 2.90 bits per heavy atom. The second-order valence-corrected chi connectivity index (χ2v) is 4.75. The molecule has 0 saturated carbocycles. The smallest absolute Gasteiger partial charge is 0.387 e. The second kappa shape index (κ2) is 6.13. The van der Waals surface area contributed by atoms with Crippen molar-refractivity contribution < 1.29 is 18.3 Å². The van der Waals surface area contributed by atoms with Crippen molar-refractivity contribution in [2.24, 2.45) is 0 Å². The van der Waals surface area contributed by atoms with Crippen LogP contribution in [0, 0.1) is 0 Å². The first-order valence-corrected chi connectivity index (χ1v) is 6.63. The molecule has 0 aliphatic rings. The Morgan fingerprint density at radius 2 is 2.25 bits per heavy atom. The minimum Gasteiger partial charge on any atom is -0.435 e. The van der Waals surface area contributed by atoms with Crippen LogP contribution in [0.1, 0.15) is 23.0 Å². The molecule has 0 saturated heterocycles. The van der Waals surface area contributed by atoms with Crippen molar-refractivity contribution in [3.63, 3.8) is 0 Å². The van der Waals surface area contributed by atoms with E-state index in [1.54, 1.807) is 6.07 Å². The summed E-state index contributed by atoms with van der Waals surface area (Å²) >= 11 is 3.26. The number of carbonyl (C=O) groups excluding carboxylic acids is 1. The van der Waals surface area contributed by atoms with Gasteiger partial charge in [-0.15, -0.1) is 0 Å². The van der Waals surface area contributed by atoms with Gasteiger partial charge in [0, 0.05) is 12.1 Å². The van der Waals surface area contributed by atoms with Crippen LogP contribution in [0.2, 0.25) is 0 Å². The van der Waals surface area contributed by atoms with Crippen LogP contribution >= 0.6 is 15.9 Å². The zero-order valence-electron chi connectivity index (χ0n) is 10.5. The minimum absolute atomic E-state index is 0.0514. The molecule has 0 fully saturated rings. The molecule has 4 nitrogen and oxygen atoms in total. The number of aryl methyl sites for hydroxylation is 1.